The third-order valence-electron chi connectivity index (χ3n) is 6.98. The molecule has 9 heteroatoms. The Balaban J connectivity index is 0.000000403. The van der Waals surface area contributed by atoms with E-state index in [0.29, 0.717) is 29.7 Å². The molecule has 2 unspecified atom stereocenters. The number of fused-ring (bicyclic) bond motifs is 1. The van der Waals surface area contributed by atoms with Gasteiger partial charge < -0.3 is 9.80 Å². The summed E-state index contributed by atoms with van der Waals surface area (Å²) < 4.78 is 49.5. The van der Waals surface area contributed by atoms with Crippen LogP contribution in [0.2, 0.25) is 0 Å². The van der Waals surface area contributed by atoms with Gasteiger partial charge in [-0.1, -0.05) is 26.3 Å². The largest absolute Gasteiger partial charge is 0.391 e. The van der Waals surface area contributed by atoms with Crippen LogP contribution in [0.4, 0.5) is 23.2 Å². The minimum Gasteiger partial charge on any atom is -0.369 e. The van der Waals surface area contributed by atoms with Crippen LogP contribution in [-0.2, 0) is 0 Å². The number of benzene rings is 1. The summed E-state index contributed by atoms with van der Waals surface area (Å²) in [5.74, 6) is -1.41. The minimum atomic E-state index is -3.99. The van der Waals surface area contributed by atoms with Gasteiger partial charge in [0.2, 0.25) is 0 Å². The van der Waals surface area contributed by atoms with Gasteiger partial charge in [-0.2, -0.15) is 18.4 Å². The molecule has 0 N–H and O–H groups in total. The van der Waals surface area contributed by atoms with E-state index in [0.717, 1.165) is 23.5 Å². The highest BCUT2D eigenvalue weighted by molar-refractivity contribution is 8.05. The zero-order valence-corrected chi connectivity index (χ0v) is 24.8. The molecule has 1 aromatic rings. The summed E-state index contributed by atoms with van der Waals surface area (Å²) in [7, 11) is 2.05. The maximum Gasteiger partial charge on any atom is 0.391 e. The molecule has 0 saturated carbocycles. The van der Waals surface area contributed by atoms with E-state index in [-0.39, 0.29) is 18.3 Å². The first-order valence-electron chi connectivity index (χ1n) is 12.9. The van der Waals surface area contributed by atoms with Crippen LogP contribution in [0.5, 0.6) is 0 Å². The molecule has 3 nitrogen and oxygen atoms in total. The minimum absolute atomic E-state index is 0.0666. The number of alkyl halides is 3. The van der Waals surface area contributed by atoms with Gasteiger partial charge in [0, 0.05) is 47.6 Å². The first kappa shape index (κ1) is 31.0. The van der Waals surface area contributed by atoms with Crippen molar-refractivity contribution in [2.75, 3.05) is 31.3 Å². The third-order valence-corrected chi connectivity index (χ3v) is 8.57. The molecule has 0 bridgehead atoms. The van der Waals surface area contributed by atoms with Crippen LogP contribution in [0.25, 0.3) is 5.57 Å². The van der Waals surface area contributed by atoms with Crippen molar-refractivity contribution < 1.29 is 17.6 Å². The highest BCUT2D eigenvalue weighted by atomic mass is 32.2. The molecule has 4 rings (SSSR count). The van der Waals surface area contributed by atoms with Gasteiger partial charge in [0.05, 0.1) is 17.5 Å². The molecule has 0 aromatic heterocycles. The van der Waals surface area contributed by atoms with Crippen LogP contribution in [0, 0.1) is 30.0 Å². The number of anilines is 1. The van der Waals surface area contributed by atoms with Crippen LogP contribution >= 0.6 is 23.5 Å². The molecule has 210 valence electrons. The fourth-order valence-electron chi connectivity index (χ4n) is 4.69. The van der Waals surface area contributed by atoms with Crippen molar-refractivity contribution in [1.82, 2.24) is 4.90 Å². The van der Waals surface area contributed by atoms with Gasteiger partial charge in [0.15, 0.2) is 0 Å². The molecule has 0 spiro atoms. The summed E-state index contributed by atoms with van der Waals surface area (Å²) in [5, 5.41) is 12.2. The maximum absolute atomic E-state index is 14.6. The molecular weight excluding hydrogens is 542 g/mol. The molecule has 0 fully saturated rings. The predicted molar refractivity (Wildman–Crippen MR) is 158 cm³/mol. The van der Waals surface area contributed by atoms with Gasteiger partial charge in [-0.15, -0.1) is 23.5 Å². The standard InChI is InChI=1S/C24H24FN3S2.C6H11F3/c1-15-9-24-19(11-22(15)25)20(12-26)21(23-6-5-18(29-4)13-27(23)3)14-28(24)17-7-8-30-16(2)10-17;1-3-4-5(2)6(7,8)9/h5-11,17H,13-14H2,1-4H3;5H,3-4H2,1-2H3. The van der Waals surface area contributed by atoms with E-state index in [1.807, 2.05) is 13.1 Å². The average molecular weight is 578 g/mol. The molecular formula is C30H35F4N3S2. The summed E-state index contributed by atoms with van der Waals surface area (Å²) in [6.45, 7) is 8.25. The lowest BCUT2D eigenvalue weighted by atomic mass is 9.89. The van der Waals surface area contributed by atoms with Gasteiger partial charge in [0.25, 0.3) is 0 Å². The number of hydrogen-bond acceptors (Lipinski definition) is 5. The smallest absolute Gasteiger partial charge is 0.369 e. The van der Waals surface area contributed by atoms with Crippen molar-refractivity contribution in [3.05, 3.63) is 79.9 Å². The van der Waals surface area contributed by atoms with Crippen LogP contribution in [0.3, 0.4) is 0 Å². The normalized spacial score (nSPS) is 19.8. The summed E-state index contributed by atoms with van der Waals surface area (Å²) in [4.78, 5) is 6.97. The molecule has 2 atom stereocenters. The maximum atomic E-state index is 14.6. The Hall–Kier alpha value is -2.57. The summed E-state index contributed by atoms with van der Waals surface area (Å²) >= 11 is 3.44. The molecule has 3 heterocycles. The Morgan fingerprint density at radius 2 is 1.92 bits per heavy atom. The lowest BCUT2D eigenvalue weighted by Crippen LogP contribution is -2.40. The Labute approximate surface area is 238 Å². The van der Waals surface area contributed by atoms with E-state index >= 15 is 0 Å². The fraction of sp³-hybridized carbons (Fsp3) is 0.433. The summed E-state index contributed by atoms with van der Waals surface area (Å²) in [6.07, 6.45) is 7.53. The topological polar surface area (TPSA) is 30.3 Å². The fourth-order valence-corrected chi connectivity index (χ4v) is 5.89. The van der Waals surface area contributed by atoms with Gasteiger partial charge >= 0.3 is 6.18 Å². The number of thioether (sulfide) groups is 2. The van der Waals surface area contributed by atoms with Crippen molar-refractivity contribution in [2.45, 2.75) is 52.8 Å². The lowest BCUT2D eigenvalue weighted by Gasteiger charge is -2.40. The number of nitriles is 1. The first-order valence-corrected chi connectivity index (χ1v) is 15.0. The van der Waals surface area contributed by atoms with Crippen LogP contribution < -0.4 is 4.90 Å². The Morgan fingerprint density at radius 1 is 1.21 bits per heavy atom. The van der Waals surface area contributed by atoms with Crippen LogP contribution in [0.1, 0.15) is 44.7 Å². The Morgan fingerprint density at radius 3 is 2.46 bits per heavy atom. The quantitative estimate of drug-likeness (QED) is 0.326. The van der Waals surface area contributed by atoms with E-state index in [9.17, 15) is 22.8 Å². The number of hydrogen-bond donors (Lipinski definition) is 0. The zero-order chi connectivity index (χ0) is 28.9. The van der Waals surface area contributed by atoms with Crippen molar-refractivity contribution in [1.29, 1.82) is 5.26 Å². The second-order valence-electron chi connectivity index (χ2n) is 9.90. The number of allylic oxidation sites excluding steroid dienone is 4. The van der Waals surface area contributed by atoms with Crippen molar-refractivity contribution in [2.24, 2.45) is 5.92 Å². The summed E-state index contributed by atoms with van der Waals surface area (Å²) in [6, 6.07) is 5.86. The van der Waals surface area contributed by atoms with Gasteiger partial charge in [0.1, 0.15) is 11.9 Å². The number of halogens is 4. The molecule has 0 saturated heterocycles. The molecule has 0 radical (unpaired) electrons. The van der Waals surface area contributed by atoms with Crippen molar-refractivity contribution >= 4 is 34.8 Å². The molecule has 39 heavy (non-hydrogen) atoms. The SMILES string of the molecule is CCCC(C)C(F)(F)F.CSC1=CC=C(C2=C(C#N)c3cc(F)c(C)cc3N(C3C=CSC(C)=C3)C2)N(C)C1. The highest BCUT2D eigenvalue weighted by Crippen LogP contribution is 2.42. The number of aryl methyl sites for hydroxylation is 1. The second kappa shape index (κ2) is 13.2. The average Bonchev–Trinajstić information content (AvgIpc) is 2.88. The van der Waals surface area contributed by atoms with E-state index in [4.69, 9.17) is 0 Å². The van der Waals surface area contributed by atoms with Gasteiger partial charge in [-0.3, -0.25) is 0 Å². The van der Waals surface area contributed by atoms with E-state index in [1.165, 1.54) is 22.8 Å². The van der Waals surface area contributed by atoms with Gasteiger partial charge in [-0.05, 0) is 72.8 Å². The Kier molecular flexibility index (Phi) is 10.5. The van der Waals surface area contributed by atoms with Crippen molar-refractivity contribution in [3.63, 3.8) is 0 Å². The van der Waals surface area contributed by atoms with E-state index in [2.05, 4.69) is 58.8 Å². The monoisotopic (exact) mass is 577 g/mol. The van der Waals surface area contributed by atoms with E-state index in [1.54, 1.807) is 37.4 Å². The number of rotatable bonds is 5. The molecule has 1 aromatic carbocycles. The zero-order valence-electron chi connectivity index (χ0n) is 23.2. The number of likely N-dealkylation sites (N-methyl/N-ethyl adjacent to an activating group) is 1. The first-order chi connectivity index (χ1) is 18.4. The van der Waals surface area contributed by atoms with Crippen molar-refractivity contribution in [3.8, 4) is 6.07 Å². The molecule has 3 aliphatic heterocycles. The molecule has 0 amide bonds. The van der Waals surface area contributed by atoms with Crippen LogP contribution in [-0.4, -0.2) is 43.5 Å². The predicted octanol–water partition coefficient (Wildman–Crippen LogP) is 8.83. The highest BCUT2D eigenvalue weighted by Gasteiger charge is 2.35. The van der Waals surface area contributed by atoms with Crippen LogP contribution in [0.15, 0.2) is 62.9 Å². The Bertz CT molecular complexity index is 1270. The lowest BCUT2D eigenvalue weighted by molar-refractivity contribution is -0.171. The second-order valence-corrected chi connectivity index (χ2v) is 12.0. The molecule has 3 aliphatic rings. The third kappa shape index (κ3) is 7.34. The van der Waals surface area contributed by atoms with E-state index < -0.39 is 12.1 Å². The number of nitrogens with zero attached hydrogens (tertiary/aromatic N) is 3. The summed E-state index contributed by atoms with van der Waals surface area (Å²) in [5.41, 5.74) is 4.72. The molecule has 0 aliphatic carbocycles. The van der Waals surface area contributed by atoms with Gasteiger partial charge in [-0.25, -0.2) is 4.39 Å².